The predicted molar refractivity (Wildman–Crippen MR) is 107 cm³/mol. The molecule has 2 N–H and O–H groups in total. The molecule has 0 spiro atoms. The third-order valence-corrected chi connectivity index (χ3v) is 5.44. The van der Waals surface area contributed by atoms with Crippen LogP contribution in [0.4, 0.5) is 0 Å². The molecule has 2 rings (SSSR count). The molecule has 1 aliphatic carbocycles. The Bertz CT molecular complexity index is 748. The van der Waals surface area contributed by atoms with Crippen molar-refractivity contribution in [3.8, 4) is 0 Å². The van der Waals surface area contributed by atoms with E-state index < -0.39 is 48.1 Å². The number of allylic oxidation sites excluding steroid dienone is 1. The number of ether oxygens (including phenoxy) is 3. The summed E-state index contributed by atoms with van der Waals surface area (Å²) in [6, 6.07) is 0. The molecule has 1 fully saturated rings. The number of aliphatic hydroxyl groups excluding tert-OH is 2. The van der Waals surface area contributed by atoms with Gasteiger partial charge in [0, 0.05) is 18.9 Å². The average molecular weight is 422 g/mol. The molecule has 0 bridgehead atoms. The molecule has 5 atom stereocenters. The smallest absolute Gasteiger partial charge is 0.334 e. The Kier molecular flexibility index (Phi) is 8.37. The fraction of sp³-hybridized carbons (Fsp3) is 0.591. The van der Waals surface area contributed by atoms with Crippen LogP contribution in [-0.2, 0) is 28.6 Å². The summed E-state index contributed by atoms with van der Waals surface area (Å²) in [7, 11) is 0. The highest BCUT2D eigenvalue weighted by molar-refractivity contribution is 5.91. The zero-order valence-corrected chi connectivity index (χ0v) is 17.6. The van der Waals surface area contributed by atoms with Crippen LogP contribution in [0.15, 0.2) is 35.5 Å². The van der Waals surface area contributed by atoms with E-state index in [4.69, 9.17) is 14.2 Å². The molecule has 1 saturated heterocycles. The Morgan fingerprint density at radius 3 is 2.63 bits per heavy atom. The fourth-order valence-corrected chi connectivity index (χ4v) is 3.50. The van der Waals surface area contributed by atoms with Gasteiger partial charge in [-0.3, -0.25) is 9.59 Å². The molecule has 1 aliphatic heterocycles. The van der Waals surface area contributed by atoms with Crippen molar-refractivity contribution in [2.45, 2.75) is 58.3 Å². The molecule has 1 heterocycles. The normalized spacial score (nSPS) is 26.5. The minimum absolute atomic E-state index is 0.0372. The van der Waals surface area contributed by atoms with E-state index in [1.165, 1.54) is 13.8 Å². The lowest BCUT2D eigenvalue weighted by Crippen LogP contribution is -2.34. The van der Waals surface area contributed by atoms with Crippen LogP contribution in [0, 0.1) is 11.8 Å². The second kappa shape index (κ2) is 10.5. The summed E-state index contributed by atoms with van der Waals surface area (Å²) in [5.41, 5.74) is 1.59. The van der Waals surface area contributed by atoms with E-state index in [0.717, 1.165) is 0 Å². The van der Waals surface area contributed by atoms with Crippen molar-refractivity contribution in [2.75, 3.05) is 13.2 Å². The highest BCUT2D eigenvalue weighted by Crippen LogP contribution is 2.36. The summed E-state index contributed by atoms with van der Waals surface area (Å²) in [4.78, 5) is 36.0. The minimum Gasteiger partial charge on any atom is -0.461 e. The Hall–Kier alpha value is -2.45. The van der Waals surface area contributed by atoms with Crippen LogP contribution < -0.4 is 0 Å². The predicted octanol–water partition coefficient (Wildman–Crippen LogP) is 1.60. The second-order valence-electron chi connectivity index (χ2n) is 7.79. The Morgan fingerprint density at radius 2 is 2.03 bits per heavy atom. The monoisotopic (exact) mass is 422 g/mol. The van der Waals surface area contributed by atoms with Gasteiger partial charge in [0.25, 0.3) is 0 Å². The highest BCUT2D eigenvalue weighted by Gasteiger charge is 2.44. The van der Waals surface area contributed by atoms with Gasteiger partial charge in [0.1, 0.15) is 18.8 Å². The largest absolute Gasteiger partial charge is 0.461 e. The van der Waals surface area contributed by atoms with Crippen LogP contribution in [0.25, 0.3) is 0 Å². The first kappa shape index (κ1) is 23.8. The summed E-state index contributed by atoms with van der Waals surface area (Å²) in [6.07, 6.45) is 2.60. The van der Waals surface area contributed by atoms with E-state index in [0.29, 0.717) is 24.0 Å². The zero-order valence-electron chi connectivity index (χ0n) is 17.6. The van der Waals surface area contributed by atoms with Gasteiger partial charge in [-0.05, 0) is 43.9 Å². The quantitative estimate of drug-likeness (QED) is 0.287. The number of rotatable bonds is 6. The SMILES string of the molecule is C=C1C(=O)OC2C=C(CO)CCC=C(COC(=O)C(C)C(C)O)CC(OC(C)=O)C12. The molecule has 0 aromatic carbocycles. The van der Waals surface area contributed by atoms with Gasteiger partial charge < -0.3 is 24.4 Å². The van der Waals surface area contributed by atoms with E-state index in [-0.39, 0.29) is 25.2 Å². The number of carbonyl (C=O) groups is 3. The van der Waals surface area contributed by atoms with E-state index in [1.54, 1.807) is 13.0 Å². The second-order valence-corrected chi connectivity index (χ2v) is 7.79. The van der Waals surface area contributed by atoms with Crippen molar-refractivity contribution in [3.05, 3.63) is 35.5 Å². The molecule has 5 unspecified atom stereocenters. The van der Waals surface area contributed by atoms with Crippen molar-refractivity contribution < 1.29 is 38.8 Å². The number of aliphatic hydroxyl groups is 2. The molecule has 0 aromatic heterocycles. The van der Waals surface area contributed by atoms with Gasteiger partial charge in [0.2, 0.25) is 0 Å². The third kappa shape index (κ3) is 6.03. The number of hydrogen-bond donors (Lipinski definition) is 2. The lowest BCUT2D eigenvalue weighted by atomic mass is 9.85. The van der Waals surface area contributed by atoms with Gasteiger partial charge >= 0.3 is 17.9 Å². The zero-order chi connectivity index (χ0) is 22.4. The van der Waals surface area contributed by atoms with Gasteiger partial charge in [-0.1, -0.05) is 12.7 Å². The van der Waals surface area contributed by atoms with E-state index in [9.17, 15) is 24.6 Å². The van der Waals surface area contributed by atoms with Gasteiger partial charge in [0.15, 0.2) is 0 Å². The Morgan fingerprint density at radius 1 is 1.33 bits per heavy atom. The first-order valence-corrected chi connectivity index (χ1v) is 10.0. The highest BCUT2D eigenvalue weighted by atomic mass is 16.6. The van der Waals surface area contributed by atoms with Crippen LogP contribution in [0.5, 0.6) is 0 Å². The Labute approximate surface area is 176 Å². The Balaban J connectivity index is 2.30. The molecule has 166 valence electrons. The lowest BCUT2D eigenvalue weighted by Gasteiger charge is -2.27. The molecular weight excluding hydrogens is 392 g/mol. The minimum atomic E-state index is -0.840. The summed E-state index contributed by atoms with van der Waals surface area (Å²) < 4.78 is 16.2. The maximum Gasteiger partial charge on any atom is 0.334 e. The standard InChI is InChI=1S/C22H30O8/c1-12(14(3)24)21(26)28-11-17-7-5-6-16(10-23)8-19-20(13(2)22(27)30-19)18(9-17)29-15(4)25/h7-8,12,14,18-20,23-24H,2,5-6,9-11H2,1,3-4H3. The molecule has 2 aliphatic rings. The van der Waals surface area contributed by atoms with Crippen molar-refractivity contribution in [1.82, 2.24) is 0 Å². The topological polar surface area (TPSA) is 119 Å². The summed E-state index contributed by atoms with van der Waals surface area (Å²) >= 11 is 0. The average Bonchev–Trinajstić information content (AvgIpc) is 2.96. The number of carbonyl (C=O) groups excluding carboxylic acids is 3. The first-order chi connectivity index (χ1) is 14.1. The van der Waals surface area contributed by atoms with Gasteiger partial charge in [-0.15, -0.1) is 0 Å². The number of esters is 3. The molecule has 8 heteroatoms. The molecule has 8 nitrogen and oxygen atoms in total. The van der Waals surface area contributed by atoms with E-state index >= 15 is 0 Å². The van der Waals surface area contributed by atoms with Crippen LogP contribution in [-0.4, -0.2) is 59.6 Å². The van der Waals surface area contributed by atoms with Crippen LogP contribution in [0.2, 0.25) is 0 Å². The number of fused-ring (bicyclic) bond motifs is 1. The lowest BCUT2D eigenvalue weighted by molar-refractivity contribution is -0.152. The maximum absolute atomic E-state index is 12.1. The summed E-state index contributed by atoms with van der Waals surface area (Å²) in [5.74, 6) is -2.92. The molecule has 0 amide bonds. The van der Waals surface area contributed by atoms with Crippen molar-refractivity contribution in [3.63, 3.8) is 0 Å². The number of hydrogen-bond acceptors (Lipinski definition) is 8. The van der Waals surface area contributed by atoms with Crippen molar-refractivity contribution in [1.29, 1.82) is 0 Å². The molecule has 0 saturated carbocycles. The fourth-order valence-electron chi connectivity index (χ4n) is 3.50. The molecule has 0 radical (unpaired) electrons. The third-order valence-electron chi connectivity index (χ3n) is 5.44. The first-order valence-electron chi connectivity index (χ1n) is 10.0. The van der Waals surface area contributed by atoms with Gasteiger partial charge in [-0.2, -0.15) is 0 Å². The summed E-state index contributed by atoms with van der Waals surface area (Å²) in [5, 5.41) is 19.2. The van der Waals surface area contributed by atoms with Crippen LogP contribution >= 0.6 is 0 Å². The van der Waals surface area contributed by atoms with Crippen LogP contribution in [0.1, 0.15) is 40.0 Å². The van der Waals surface area contributed by atoms with Gasteiger partial charge in [0.05, 0.1) is 24.5 Å². The summed E-state index contributed by atoms with van der Waals surface area (Å²) in [6.45, 7) is 7.93. The molecular formula is C22H30O8. The van der Waals surface area contributed by atoms with E-state index in [2.05, 4.69) is 6.58 Å². The molecule has 0 aromatic rings. The van der Waals surface area contributed by atoms with Crippen molar-refractivity contribution >= 4 is 17.9 Å². The van der Waals surface area contributed by atoms with E-state index in [1.807, 2.05) is 6.08 Å². The van der Waals surface area contributed by atoms with Crippen LogP contribution in [0.3, 0.4) is 0 Å². The maximum atomic E-state index is 12.1. The molecule has 30 heavy (non-hydrogen) atoms. The van der Waals surface area contributed by atoms with Gasteiger partial charge in [-0.25, -0.2) is 4.79 Å². The van der Waals surface area contributed by atoms with Crippen molar-refractivity contribution in [2.24, 2.45) is 11.8 Å².